The minimum Gasteiger partial charge on any atom is -0.467 e. The molecule has 3 atom stereocenters. The van der Waals surface area contributed by atoms with Crippen molar-refractivity contribution < 1.29 is 22.4 Å². The Hall–Kier alpha value is -2.45. The molecule has 27 heavy (non-hydrogen) atoms. The van der Waals surface area contributed by atoms with Gasteiger partial charge in [-0.3, -0.25) is 4.79 Å². The first-order valence-corrected chi connectivity index (χ1v) is 9.12. The molecule has 2 aromatic heterocycles. The highest BCUT2D eigenvalue weighted by atomic mass is 19.4. The lowest BCUT2D eigenvalue weighted by Crippen LogP contribution is -2.42. The zero-order valence-corrected chi connectivity index (χ0v) is 14.9. The predicted molar refractivity (Wildman–Crippen MR) is 91.4 cm³/mol. The van der Waals surface area contributed by atoms with Gasteiger partial charge in [-0.25, -0.2) is 4.68 Å². The second-order valence-corrected chi connectivity index (χ2v) is 7.21. The SMILES string of the molecule is C[C@@H]1CCCCN1C(=O)c1cc2n(n1)[C@H](C(F)(F)F)C[C@@H](c1ccco1)N2. The molecule has 0 aliphatic carbocycles. The van der Waals surface area contributed by atoms with Crippen LogP contribution in [-0.4, -0.2) is 39.4 Å². The van der Waals surface area contributed by atoms with E-state index in [0.29, 0.717) is 12.3 Å². The molecule has 146 valence electrons. The van der Waals surface area contributed by atoms with Crippen molar-refractivity contribution in [2.45, 2.75) is 56.9 Å². The molecular weight excluding hydrogens is 361 g/mol. The molecule has 4 rings (SSSR count). The summed E-state index contributed by atoms with van der Waals surface area (Å²) in [7, 11) is 0. The van der Waals surface area contributed by atoms with Crippen LogP contribution in [0.1, 0.15) is 60.9 Å². The molecule has 2 aliphatic heterocycles. The van der Waals surface area contributed by atoms with Crippen LogP contribution in [0.4, 0.5) is 19.0 Å². The molecule has 0 bridgehead atoms. The van der Waals surface area contributed by atoms with Crippen LogP contribution in [0.2, 0.25) is 0 Å². The summed E-state index contributed by atoms with van der Waals surface area (Å²) >= 11 is 0. The van der Waals surface area contributed by atoms with Gasteiger partial charge in [0.25, 0.3) is 5.91 Å². The molecule has 9 heteroatoms. The van der Waals surface area contributed by atoms with E-state index >= 15 is 0 Å². The number of halogens is 3. The van der Waals surface area contributed by atoms with Crippen molar-refractivity contribution in [2.75, 3.05) is 11.9 Å². The van der Waals surface area contributed by atoms with Crippen molar-refractivity contribution >= 4 is 11.7 Å². The quantitative estimate of drug-likeness (QED) is 0.848. The second kappa shape index (κ2) is 6.61. The van der Waals surface area contributed by atoms with Crippen LogP contribution in [0.5, 0.6) is 0 Å². The molecule has 1 amide bonds. The maximum Gasteiger partial charge on any atom is 0.410 e. The van der Waals surface area contributed by atoms with E-state index in [0.717, 1.165) is 23.9 Å². The van der Waals surface area contributed by atoms with Gasteiger partial charge in [0, 0.05) is 25.1 Å². The molecule has 2 aliphatic rings. The van der Waals surface area contributed by atoms with E-state index in [2.05, 4.69) is 10.4 Å². The summed E-state index contributed by atoms with van der Waals surface area (Å²) in [6, 6.07) is 2.30. The van der Waals surface area contributed by atoms with Gasteiger partial charge >= 0.3 is 6.18 Å². The Kier molecular flexibility index (Phi) is 4.39. The monoisotopic (exact) mass is 382 g/mol. The van der Waals surface area contributed by atoms with Crippen LogP contribution < -0.4 is 5.32 Å². The number of likely N-dealkylation sites (tertiary alicyclic amines) is 1. The summed E-state index contributed by atoms with van der Waals surface area (Å²) in [6.45, 7) is 2.56. The van der Waals surface area contributed by atoms with Gasteiger partial charge in [0.2, 0.25) is 0 Å². The summed E-state index contributed by atoms with van der Waals surface area (Å²) in [5, 5.41) is 7.06. The number of hydrogen-bond acceptors (Lipinski definition) is 4. The molecule has 0 spiro atoms. The van der Waals surface area contributed by atoms with Gasteiger partial charge in [-0.05, 0) is 38.3 Å². The number of alkyl halides is 3. The number of aromatic nitrogens is 2. The van der Waals surface area contributed by atoms with Gasteiger partial charge in [-0.2, -0.15) is 18.3 Å². The van der Waals surface area contributed by atoms with Crippen molar-refractivity contribution in [1.29, 1.82) is 0 Å². The Bertz CT molecular complexity index is 815. The van der Waals surface area contributed by atoms with E-state index in [9.17, 15) is 18.0 Å². The molecule has 0 unspecified atom stereocenters. The number of piperidine rings is 1. The highest BCUT2D eigenvalue weighted by Crippen LogP contribution is 2.43. The van der Waals surface area contributed by atoms with Crippen LogP contribution in [0.25, 0.3) is 0 Å². The first kappa shape index (κ1) is 17.9. The standard InChI is InChI=1S/C18H21F3N4O2/c1-11-5-2-3-7-24(11)17(26)13-10-16-22-12(14-6-4-8-27-14)9-15(18(19,20)21)25(16)23-13/h4,6,8,10-12,15,22H,2-3,5,7,9H2,1H3/t11-,12+,15+/m1/s1. The number of nitrogens with zero attached hydrogens (tertiary/aromatic N) is 3. The summed E-state index contributed by atoms with van der Waals surface area (Å²) in [4.78, 5) is 14.5. The first-order valence-electron chi connectivity index (χ1n) is 9.12. The topological polar surface area (TPSA) is 63.3 Å². The van der Waals surface area contributed by atoms with Crippen LogP contribution in [-0.2, 0) is 0 Å². The van der Waals surface area contributed by atoms with Gasteiger partial charge < -0.3 is 14.6 Å². The fraction of sp³-hybridized carbons (Fsp3) is 0.556. The molecule has 1 N–H and O–H groups in total. The van der Waals surface area contributed by atoms with Gasteiger partial charge in [-0.1, -0.05) is 0 Å². The van der Waals surface area contributed by atoms with Crippen LogP contribution >= 0.6 is 0 Å². The van der Waals surface area contributed by atoms with E-state index in [1.165, 1.54) is 12.3 Å². The molecule has 0 radical (unpaired) electrons. The maximum absolute atomic E-state index is 13.6. The molecule has 2 aromatic rings. The smallest absolute Gasteiger partial charge is 0.410 e. The Morgan fingerprint density at radius 2 is 2.19 bits per heavy atom. The van der Waals surface area contributed by atoms with Crippen LogP contribution in [0.3, 0.4) is 0 Å². The fourth-order valence-electron chi connectivity index (χ4n) is 3.90. The third-order valence-electron chi connectivity index (χ3n) is 5.36. The largest absolute Gasteiger partial charge is 0.467 e. The number of rotatable bonds is 2. The third-order valence-corrected chi connectivity index (χ3v) is 5.36. The van der Waals surface area contributed by atoms with Crippen molar-refractivity contribution in [3.63, 3.8) is 0 Å². The van der Waals surface area contributed by atoms with Gasteiger partial charge in [-0.15, -0.1) is 0 Å². The summed E-state index contributed by atoms with van der Waals surface area (Å²) in [6.07, 6.45) is -0.464. The minimum atomic E-state index is -4.48. The lowest BCUT2D eigenvalue weighted by molar-refractivity contribution is -0.174. The number of amides is 1. The van der Waals surface area contributed by atoms with Crippen molar-refractivity contribution in [3.8, 4) is 0 Å². The number of carbonyl (C=O) groups is 1. The summed E-state index contributed by atoms with van der Waals surface area (Å²) in [5.41, 5.74) is 0.0422. The van der Waals surface area contributed by atoms with E-state index in [4.69, 9.17) is 4.42 Å². The lowest BCUT2D eigenvalue weighted by atomic mass is 10.0. The zero-order valence-electron chi connectivity index (χ0n) is 14.9. The number of carbonyl (C=O) groups excluding carboxylic acids is 1. The number of fused-ring (bicyclic) bond motifs is 1. The molecule has 4 heterocycles. The Morgan fingerprint density at radius 1 is 1.37 bits per heavy atom. The molecule has 0 saturated carbocycles. The first-order chi connectivity index (χ1) is 12.8. The maximum atomic E-state index is 13.6. The molecular formula is C18H21F3N4O2. The summed E-state index contributed by atoms with van der Waals surface area (Å²) in [5.74, 6) is 0.286. The average Bonchev–Trinajstić information content (AvgIpc) is 3.29. The van der Waals surface area contributed by atoms with E-state index < -0.39 is 18.3 Å². The Labute approximate surface area is 154 Å². The normalized spacial score (nSPS) is 25.8. The Morgan fingerprint density at radius 3 is 2.85 bits per heavy atom. The second-order valence-electron chi connectivity index (χ2n) is 7.21. The van der Waals surface area contributed by atoms with Crippen molar-refractivity contribution in [3.05, 3.63) is 35.9 Å². The highest BCUT2D eigenvalue weighted by molar-refractivity contribution is 5.93. The van der Waals surface area contributed by atoms with Crippen molar-refractivity contribution in [2.24, 2.45) is 0 Å². The van der Waals surface area contributed by atoms with E-state index in [-0.39, 0.29) is 29.9 Å². The number of nitrogens with one attached hydrogen (secondary N) is 1. The summed E-state index contributed by atoms with van der Waals surface area (Å²) < 4.78 is 47.1. The number of furan rings is 1. The van der Waals surface area contributed by atoms with E-state index in [1.807, 2.05) is 6.92 Å². The molecule has 1 saturated heterocycles. The van der Waals surface area contributed by atoms with Gasteiger partial charge in [0.05, 0.1) is 12.3 Å². The number of anilines is 1. The molecule has 0 aromatic carbocycles. The Balaban J connectivity index is 1.66. The zero-order chi connectivity index (χ0) is 19.2. The van der Waals surface area contributed by atoms with Gasteiger partial charge in [0.15, 0.2) is 11.7 Å². The van der Waals surface area contributed by atoms with Crippen LogP contribution in [0, 0.1) is 0 Å². The van der Waals surface area contributed by atoms with Crippen LogP contribution in [0.15, 0.2) is 28.9 Å². The average molecular weight is 382 g/mol. The minimum absolute atomic E-state index is 0.0422. The lowest BCUT2D eigenvalue weighted by Gasteiger charge is -2.33. The highest BCUT2D eigenvalue weighted by Gasteiger charge is 2.47. The molecule has 6 nitrogen and oxygen atoms in total. The molecule has 1 fully saturated rings. The third kappa shape index (κ3) is 3.30. The van der Waals surface area contributed by atoms with Crippen molar-refractivity contribution in [1.82, 2.24) is 14.7 Å². The van der Waals surface area contributed by atoms with E-state index in [1.54, 1.807) is 17.0 Å². The predicted octanol–water partition coefficient (Wildman–Crippen LogP) is 4.15. The fourth-order valence-corrected chi connectivity index (χ4v) is 3.90. The number of hydrogen-bond donors (Lipinski definition) is 1. The van der Waals surface area contributed by atoms with Gasteiger partial charge in [0.1, 0.15) is 11.6 Å².